The van der Waals surface area contributed by atoms with Crippen molar-refractivity contribution in [2.75, 3.05) is 7.11 Å². The summed E-state index contributed by atoms with van der Waals surface area (Å²) in [6.45, 7) is 1.57. The van der Waals surface area contributed by atoms with E-state index in [4.69, 9.17) is 4.74 Å². The van der Waals surface area contributed by atoms with Crippen molar-refractivity contribution in [1.82, 2.24) is 0 Å². The maximum atomic E-state index is 11.2. The zero-order valence-corrected chi connectivity index (χ0v) is 15.1. The average molecular weight is 352 g/mol. The van der Waals surface area contributed by atoms with E-state index in [1.165, 1.54) is 0 Å². The van der Waals surface area contributed by atoms with E-state index >= 15 is 0 Å². The molecule has 0 spiro atoms. The molecule has 0 aliphatic rings. The van der Waals surface area contributed by atoms with Crippen molar-refractivity contribution >= 4 is 18.7 Å². The molecule has 0 amide bonds. The number of methoxy groups -OCH3 is 1. The fourth-order valence-corrected chi connectivity index (χ4v) is 2.28. The summed E-state index contributed by atoms with van der Waals surface area (Å²) in [4.78, 5) is 11.2. The van der Waals surface area contributed by atoms with Crippen molar-refractivity contribution in [1.29, 1.82) is 0 Å². The van der Waals surface area contributed by atoms with Gasteiger partial charge in [0.25, 0.3) is 0 Å². The van der Waals surface area contributed by atoms with Gasteiger partial charge >= 0.3 is 0 Å². The quantitative estimate of drug-likeness (QED) is 0.384. The molecule has 0 saturated heterocycles. The van der Waals surface area contributed by atoms with E-state index in [0.29, 0.717) is 0 Å². The predicted octanol–water partition coefficient (Wildman–Crippen LogP) is 5.48. The van der Waals surface area contributed by atoms with Gasteiger partial charge in [-0.3, -0.25) is 4.79 Å². The molecule has 0 saturated carbocycles. The third-order valence-corrected chi connectivity index (χ3v) is 3.77. The van der Waals surface area contributed by atoms with Crippen molar-refractivity contribution in [3.63, 3.8) is 0 Å². The van der Waals surface area contributed by atoms with Crippen LogP contribution < -0.4 is 8.92 Å². The Kier molecular flexibility index (Phi) is 7.11. The maximum absolute atomic E-state index is 11.2. The molecule has 0 aromatic heterocycles. The first-order valence-electron chi connectivity index (χ1n) is 7.76. The molecule has 0 atom stereocenters. The van der Waals surface area contributed by atoms with Crippen LogP contribution in [0.25, 0.3) is 11.1 Å². The number of rotatable bonds is 4. The Bertz CT molecular complexity index is 782. The van der Waals surface area contributed by atoms with Crippen LogP contribution in [0.15, 0.2) is 78.9 Å². The second kappa shape index (κ2) is 9.55. The number of hydrogen-bond acceptors (Lipinski definition) is 4. The van der Waals surface area contributed by atoms with Gasteiger partial charge in [0.2, 0.25) is 0 Å². The molecule has 0 bridgehead atoms. The molecular formula is C21H20O3S. The molecule has 3 aromatic carbocycles. The summed E-state index contributed by atoms with van der Waals surface area (Å²) >= 11 is 3.61. The minimum absolute atomic E-state index is 0.0891. The van der Waals surface area contributed by atoms with Gasteiger partial charge in [0, 0.05) is 18.5 Å². The number of carbonyl (C=O) groups excluding carboxylic acids is 1. The second-order valence-corrected chi connectivity index (χ2v) is 5.45. The van der Waals surface area contributed by atoms with Crippen molar-refractivity contribution < 1.29 is 13.7 Å². The lowest BCUT2D eigenvalue weighted by molar-refractivity contribution is 0.101. The molecule has 0 fully saturated rings. The van der Waals surface area contributed by atoms with E-state index in [2.05, 4.69) is 17.1 Å². The van der Waals surface area contributed by atoms with Crippen molar-refractivity contribution in [2.45, 2.75) is 6.92 Å². The van der Waals surface area contributed by atoms with Gasteiger partial charge in [-0.25, -0.2) is 0 Å². The lowest BCUT2D eigenvalue weighted by Crippen LogP contribution is -1.90. The van der Waals surface area contributed by atoms with Gasteiger partial charge in [-0.15, -0.1) is 0 Å². The lowest BCUT2D eigenvalue weighted by atomic mass is 10.0. The normalized spacial score (nSPS) is 9.56. The Morgan fingerprint density at radius 2 is 1.28 bits per heavy atom. The Balaban J connectivity index is 0.000000236. The van der Waals surface area contributed by atoms with Gasteiger partial charge < -0.3 is 8.92 Å². The summed E-state index contributed by atoms with van der Waals surface area (Å²) in [5, 5.41) is 0. The summed E-state index contributed by atoms with van der Waals surface area (Å²) in [5.74, 6) is 1.70. The van der Waals surface area contributed by atoms with Crippen LogP contribution in [0.4, 0.5) is 0 Å². The molecule has 0 aliphatic heterocycles. The fraction of sp³-hybridized carbons (Fsp3) is 0.0952. The van der Waals surface area contributed by atoms with Crippen LogP contribution in [0.3, 0.4) is 0 Å². The third-order valence-electron chi connectivity index (χ3n) is 3.56. The summed E-state index contributed by atoms with van der Waals surface area (Å²) in [5.41, 5.74) is 2.95. The van der Waals surface area contributed by atoms with Crippen LogP contribution in [-0.4, -0.2) is 12.9 Å². The number of thiol groups is 1. The summed E-state index contributed by atoms with van der Waals surface area (Å²) in [6.07, 6.45) is 0. The number of carbonyl (C=O) groups is 1. The minimum atomic E-state index is 0.0891. The molecule has 0 unspecified atom stereocenters. The van der Waals surface area contributed by atoms with E-state index in [1.54, 1.807) is 14.0 Å². The van der Waals surface area contributed by atoms with E-state index in [-0.39, 0.29) is 5.78 Å². The Hall–Kier alpha value is -2.72. The van der Waals surface area contributed by atoms with Crippen molar-refractivity contribution in [3.05, 3.63) is 84.4 Å². The fourth-order valence-electron chi connectivity index (χ4n) is 2.16. The molecule has 0 N–H and O–H groups in total. The van der Waals surface area contributed by atoms with Crippen LogP contribution in [-0.2, 0) is 0 Å². The van der Waals surface area contributed by atoms with E-state index < -0.39 is 0 Å². The second-order valence-electron chi connectivity index (χ2n) is 5.27. The van der Waals surface area contributed by atoms with Gasteiger partial charge in [-0.2, -0.15) is 0 Å². The van der Waals surface area contributed by atoms with Gasteiger partial charge in [0.05, 0.1) is 7.11 Å². The Labute approximate surface area is 153 Å². The molecule has 0 aliphatic carbocycles. The van der Waals surface area contributed by atoms with Crippen LogP contribution in [0.5, 0.6) is 11.5 Å². The van der Waals surface area contributed by atoms with Gasteiger partial charge in [0.15, 0.2) is 5.78 Å². The zero-order valence-electron chi connectivity index (χ0n) is 14.2. The van der Waals surface area contributed by atoms with Crippen LogP contribution in [0.1, 0.15) is 17.3 Å². The first-order chi connectivity index (χ1) is 12.1. The number of hydrogen-bond donors (Lipinski definition) is 1. The van der Waals surface area contributed by atoms with Crippen LogP contribution >= 0.6 is 12.9 Å². The minimum Gasteiger partial charge on any atom is -0.497 e. The molecule has 3 aromatic rings. The molecule has 0 radical (unpaired) electrons. The van der Waals surface area contributed by atoms with E-state index in [9.17, 15) is 4.79 Å². The van der Waals surface area contributed by atoms with Crippen LogP contribution in [0, 0.1) is 0 Å². The predicted molar refractivity (Wildman–Crippen MR) is 104 cm³/mol. The van der Waals surface area contributed by atoms with Gasteiger partial charge in [-0.05, 0) is 42.3 Å². The maximum Gasteiger partial charge on any atom is 0.159 e. The van der Waals surface area contributed by atoms with Crippen molar-refractivity contribution in [3.8, 4) is 22.6 Å². The Morgan fingerprint density at radius 1 is 0.760 bits per heavy atom. The highest BCUT2D eigenvalue weighted by Gasteiger charge is 2.01. The summed E-state index contributed by atoms with van der Waals surface area (Å²) < 4.78 is 9.72. The largest absolute Gasteiger partial charge is 0.497 e. The topological polar surface area (TPSA) is 35.5 Å². The van der Waals surface area contributed by atoms with Gasteiger partial charge in [0.1, 0.15) is 11.5 Å². The van der Waals surface area contributed by atoms with Gasteiger partial charge in [-0.1, -0.05) is 54.6 Å². The molecule has 25 heavy (non-hydrogen) atoms. The smallest absolute Gasteiger partial charge is 0.159 e. The number of para-hydroxylation sites is 1. The lowest BCUT2D eigenvalue weighted by Gasteiger charge is -2.04. The highest BCUT2D eigenvalue weighted by atomic mass is 32.1. The number of benzene rings is 3. The summed E-state index contributed by atoms with van der Waals surface area (Å²) in [6, 6.07) is 24.9. The first-order valence-corrected chi connectivity index (χ1v) is 8.12. The monoisotopic (exact) mass is 352 g/mol. The molecule has 0 heterocycles. The molecule has 4 heteroatoms. The third kappa shape index (κ3) is 5.69. The average Bonchev–Trinajstić information content (AvgIpc) is 2.69. The first kappa shape index (κ1) is 18.6. The van der Waals surface area contributed by atoms with Crippen LogP contribution in [0.2, 0.25) is 0 Å². The number of Topliss-reactive ketones (excluding diaryl/α,β-unsaturated/α-hetero) is 1. The van der Waals surface area contributed by atoms with E-state index in [0.717, 1.165) is 28.2 Å². The number of ketones is 1. The SMILES string of the molecule is COc1ccc(-c2ccc(C(C)=O)cc2)cc1.SOc1ccccc1. The number of ether oxygens (including phenoxy) is 1. The van der Waals surface area contributed by atoms with E-state index in [1.807, 2.05) is 78.9 Å². The Morgan fingerprint density at radius 3 is 1.68 bits per heavy atom. The van der Waals surface area contributed by atoms with Crippen molar-refractivity contribution in [2.24, 2.45) is 0 Å². The summed E-state index contributed by atoms with van der Waals surface area (Å²) in [7, 11) is 1.65. The standard InChI is InChI=1S/C15H14O2.C6H6OS/c1-11(16)12-3-5-13(6-4-12)14-7-9-15(17-2)10-8-14;8-7-6-4-2-1-3-5-6/h3-10H,1-2H3;1-5,8H. The molecule has 3 nitrogen and oxygen atoms in total. The molecule has 3 rings (SSSR count). The molecular weight excluding hydrogens is 332 g/mol. The zero-order chi connectivity index (χ0) is 18.1. The molecule has 128 valence electrons. The highest BCUT2D eigenvalue weighted by Crippen LogP contribution is 2.22. The highest BCUT2D eigenvalue weighted by molar-refractivity contribution is 7.75.